The second-order valence-electron chi connectivity index (χ2n) is 6.21. The molecule has 1 aliphatic rings. The summed E-state index contributed by atoms with van der Waals surface area (Å²) < 4.78 is 0. The first kappa shape index (κ1) is 18.1. The Bertz CT molecular complexity index is 849. The van der Waals surface area contributed by atoms with Gasteiger partial charge in [0, 0.05) is 19.3 Å². The summed E-state index contributed by atoms with van der Waals surface area (Å²) in [6.07, 6.45) is 0.928. The number of nitrogens with zero attached hydrogens (tertiary/aromatic N) is 2. The molecule has 0 bridgehead atoms. The number of hydrazone groups is 1. The van der Waals surface area contributed by atoms with Gasteiger partial charge in [-0.15, -0.1) is 0 Å². The third kappa shape index (κ3) is 4.49. The fourth-order valence-electron chi connectivity index (χ4n) is 2.75. The second-order valence-corrected chi connectivity index (χ2v) is 6.62. The molecule has 0 unspecified atom stereocenters. The molecule has 3 rings (SSSR count). The molecular weight excluding hydrogens is 350 g/mol. The molecule has 0 aliphatic carbocycles. The molecular formula is C20H20ClN3O2. The molecule has 2 aromatic carbocycles. The van der Waals surface area contributed by atoms with Crippen LogP contribution in [-0.2, 0) is 9.59 Å². The number of rotatable bonds is 5. The molecule has 0 radical (unpaired) electrons. The highest BCUT2D eigenvalue weighted by molar-refractivity contribution is 6.33. The number of benzene rings is 2. The van der Waals surface area contributed by atoms with Crippen molar-refractivity contribution in [3.8, 4) is 0 Å². The number of carbonyl (C=O) groups excluding carboxylic acids is 2. The Morgan fingerprint density at radius 1 is 1.15 bits per heavy atom. The summed E-state index contributed by atoms with van der Waals surface area (Å²) in [6, 6.07) is 15.2. The molecule has 0 aromatic heterocycles. The zero-order valence-corrected chi connectivity index (χ0v) is 15.3. The van der Waals surface area contributed by atoms with Crippen LogP contribution in [0.15, 0.2) is 53.6 Å². The van der Waals surface area contributed by atoms with Crippen molar-refractivity contribution >= 4 is 34.8 Å². The van der Waals surface area contributed by atoms with Gasteiger partial charge in [-0.2, -0.15) is 5.10 Å². The molecule has 0 saturated carbocycles. The van der Waals surface area contributed by atoms with Gasteiger partial charge in [0.2, 0.25) is 11.8 Å². The van der Waals surface area contributed by atoms with Gasteiger partial charge in [0.15, 0.2) is 0 Å². The molecule has 134 valence electrons. The molecule has 2 amide bonds. The third-order valence-electron chi connectivity index (χ3n) is 4.16. The van der Waals surface area contributed by atoms with E-state index in [1.165, 1.54) is 5.01 Å². The van der Waals surface area contributed by atoms with Gasteiger partial charge in [-0.25, -0.2) is 5.01 Å². The topological polar surface area (TPSA) is 61.8 Å². The molecule has 5 nitrogen and oxygen atoms in total. The van der Waals surface area contributed by atoms with Crippen molar-refractivity contribution in [1.29, 1.82) is 0 Å². The summed E-state index contributed by atoms with van der Waals surface area (Å²) in [5, 5.41) is 9.07. The van der Waals surface area contributed by atoms with Crippen molar-refractivity contribution in [3.05, 3.63) is 64.7 Å². The van der Waals surface area contributed by atoms with Crippen LogP contribution >= 0.6 is 11.6 Å². The molecule has 2 aromatic rings. The summed E-state index contributed by atoms with van der Waals surface area (Å²) >= 11 is 6.11. The zero-order chi connectivity index (χ0) is 18.5. The Labute approximate surface area is 157 Å². The zero-order valence-electron chi connectivity index (χ0n) is 14.5. The number of anilines is 1. The van der Waals surface area contributed by atoms with Crippen LogP contribution < -0.4 is 5.32 Å². The van der Waals surface area contributed by atoms with Crippen LogP contribution in [0.1, 0.15) is 30.4 Å². The lowest BCUT2D eigenvalue weighted by Gasteiger charge is -2.11. The summed E-state index contributed by atoms with van der Waals surface area (Å²) in [7, 11) is 0. The fourth-order valence-corrected chi connectivity index (χ4v) is 3.04. The number of halogens is 1. The van der Waals surface area contributed by atoms with Crippen LogP contribution in [0.25, 0.3) is 0 Å². The van der Waals surface area contributed by atoms with Crippen LogP contribution in [0.5, 0.6) is 0 Å². The van der Waals surface area contributed by atoms with Crippen molar-refractivity contribution in [1.82, 2.24) is 5.01 Å². The van der Waals surface area contributed by atoms with Crippen molar-refractivity contribution in [2.45, 2.75) is 26.2 Å². The second kappa shape index (κ2) is 8.15. The first-order valence-electron chi connectivity index (χ1n) is 8.52. The Hall–Kier alpha value is -2.66. The molecule has 6 heteroatoms. The highest BCUT2D eigenvalue weighted by Crippen LogP contribution is 2.23. The maximum atomic E-state index is 12.3. The largest absolute Gasteiger partial charge is 0.325 e. The van der Waals surface area contributed by atoms with Gasteiger partial charge in [0.1, 0.15) is 0 Å². The standard InChI is InChI=1S/C20H20ClN3O2/c1-14-7-8-18(16(21)13-14)22-19(25)9-10-20(26)24-12-11-17(23-24)15-5-3-2-4-6-15/h2-8,13H,9-12H2,1H3,(H,22,25). The van der Waals surface area contributed by atoms with Crippen LogP contribution in [0.2, 0.25) is 5.02 Å². The normalized spacial score (nSPS) is 13.5. The molecule has 0 saturated heterocycles. The Morgan fingerprint density at radius 3 is 2.65 bits per heavy atom. The smallest absolute Gasteiger partial charge is 0.243 e. The number of amides is 2. The summed E-state index contributed by atoms with van der Waals surface area (Å²) in [6.45, 7) is 2.48. The van der Waals surface area contributed by atoms with E-state index in [-0.39, 0.29) is 24.7 Å². The van der Waals surface area contributed by atoms with E-state index in [4.69, 9.17) is 11.6 Å². The van der Waals surface area contributed by atoms with Gasteiger partial charge < -0.3 is 5.32 Å². The van der Waals surface area contributed by atoms with E-state index in [1.807, 2.05) is 43.3 Å². The number of aryl methyl sites for hydroxylation is 1. The van der Waals surface area contributed by atoms with Gasteiger partial charge in [-0.3, -0.25) is 9.59 Å². The van der Waals surface area contributed by atoms with Gasteiger partial charge in [0.05, 0.1) is 23.0 Å². The number of carbonyl (C=O) groups is 2. The maximum Gasteiger partial charge on any atom is 0.243 e. The minimum atomic E-state index is -0.240. The van der Waals surface area contributed by atoms with Crippen molar-refractivity contribution < 1.29 is 9.59 Å². The van der Waals surface area contributed by atoms with Gasteiger partial charge >= 0.3 is 0 Å². The number of hydrogen-bond acceptors (Lipinski definition) is 3. The van der Waals surface area contributed by atoms with Gasteiger partial charge in [-0.1, -0.05) is 48.0 Å². The lowest BCUT2D eigenvalue weighted by Crippen LogP contribution is -2.25. The number of hydrogen-bond donors (Lipinski definition) is 1. The van der Waals surface area contributed by atoms with E-state index in [0.29, 0.717) is 17.3 Å². The van der Waals surface area contributed by atoms with Crippen molar-refractivity contribution in [2.75, 3.05) is 11.9 Å². The molecule has 1 aliphatic heterocycles. The molecule has 0 spiro atoms. The Kier molecular flexibility index (Phi) is 5.68. The molecule has 1 N–H and O–H groups in total. The van der Waals surface area contributed by atoms with Crippen LogP contribution in [0.4, 0.5) is 5.69 Å². The van der Waals surface area contributed by atoms with E-state index in [0.717, 1.165) is 23.3 Å². The number of nitrogens with one attached hydrogen (secondary N) is 1. The first-order chi connectivity index (χ1) is 12.5. The molecule has 26 heavy (non-hydrogen) atoms. The minimum absolute atomic E-state index is 0.0930. The van der Waals surface area contributed by atoms with Crippen LogP contribution in [0, 0.1) is 6.92 Å². The predicted octanol–water partition coefficient (Wildman–Crippen LogP) is 4.00. The highest BCUT2D eigenvalue weighted by Gasteiger charge is 2.22. The quantitative estimate of drug-likeness (QED) is 0.865. The average molecular weight is 370 g/mol. The molecule has 0 fully saturated rings. The Balaban J connectivity index is 1.52. The van der Waals surface area contributed by atoms with Gasteiger partial charge in [0.25, 0.3) is 0 Å². The Morgan fingerprint density at radius 2 is 1.92 bits per heavy atom. The van der Waals surface area contributed by atoms with E-state index >= 15 is 0 Å². The predicted molar refractivity (Wildman–Crippen MR) is 103 cm³/mol. The first-order valence-corrected chi connectivity index (χ1v) is 8.90. The SMILES string of the molecule is Cc1ccc(NC(=O)CCC(=O)N2CCC(c3ccccc3)=N2)c(Cl)c1. The van der Waals surface area contributed by atoms with Gasteiger partial charge in [-0.05, 0) is 30.2 Å². The molecule has 0 atom stereocenters. The van der Waals surface area contributed by atoms with Crippen molar-refractivity contribution in [3.63, 3.8) is 0 Å². The minimum Gasteiger partial charge on any atom is -0.325 e. The molecule has 1 heterocycles. The summed E-state index contributed by atoms with van der Waals surface area (Å²) in [5.41, 5.74) is 3.49. The van der Waals surface area contributed by atoms with Crippen molar-refractivity contribution in [2.24, 2.45) is 5.10 Å². The maximum absolute atomic E-state index is 12.3. The van der Waals surface area contributed by atoms with E-state index in [1.54, 1.807) is 12.1 Å². The van der Waals surface area contributed by atoms with E-state index in [2.05, 4.69) is 10.4 Å². The lowest BCUT2D eigenvalue weighted by molar-refractivity contribution is -0.132. The lowest BCUT2D eigenvalue weighted by atomic mass is 10.1. The fraction of sp³-hybridized carbons (Fsp3) is 0.250. The van der Waals surface area contributed by atoms with E-state index < -0.39 is 0 Å². The highest BCUT2D eigenvalue weighted by atomic mass is 35.5. The monoisotopic (exact) mass is 369 g/mol. The van der Waals surface area contributed by atoms with E-state index in [9.17, 15) is 9.59 Å². The average Bonchev–Trinajstić information content (AvgIpc) is 3.13. The van der Waals surface area contributed by atoms with Crippen LogP contribution in [0.3, 0.4) is 0 Å². The summed E-state index contributed by atoms with van der Waals surface area (Å²) in [4.78, 5) is 24.4. The third-order valence-corrected chi connectivity index (χ3v) is 4.47. The summed E-state index contributed by atoms with van der Waals surface area (Å²) in [5.74, 6) is -0.392. The van der Waals surface area contributed by atoms with Crippen LogP contribution in [-0.4, -0.2) is 29.1 Å².